The zero-order valence-electron chi connectivity index (χ0n) is 47.5. The molecule has 4 saturated carbocycles. The largest absolute Gasteiger partial charge is 0.394 e. The van der Waals surface area contributed by atoms with E-state index in [2.05, 4.69) is 27.7 Å². The fourth-order valence-electron chi connectivity index (χ4n) is 17.4. The molecule has 11 rings (SSSR count). The molecule has 478 valence electrons. The molecule has 0 aromatic carbocycles. The van der Waals surface area contributed by atoms with Crippen LogP contribution < -0.4 is 0 Å². The molecule has 15 N–H and O–H groups in total. The molecular formula is C56H92O27. The van der Waals surface area contributed by atoms with Crippen LogP contribution in [0.2, 0.25) is 0 Å². The predicted octanol–water partition coefficient (Wildman–Crippen LogP) is -4.45. The van der Waals surface area contributed by atoms with Gasteiger partial charge in [0.1, 0.15) is 116 Å². The number of ether oxygens (including phenoxy) is 12. The van der Waals surface area contributed by atoms with Crippen molar-refractivity contribution in [1.29, 1.82) is 0 Å². The molecule has 0 aromatic rings. The van der Waals surface area contributed by atoms with Crippen LogP contribution in [0.5, 0.6) is 0 Å². The van der Waals surface area contributed by atoms with Crippen LogP contribution >= 0.6 is 0 Å². The Morgan fingerprint density at radius 2 is 1.01 bits per heavy atom. The smallest absolute Gasteiger partial charge is 0.187 e. The summed E-state index contributed by atoms with van der Waals surface area (Å²) < 4.78 is 73.4. The van der Waals surface area contributed by atoms with Gasteiger partial charge in [-0.3, -0.25) is 0 Å². The van der Waals surface area contributed by atoms with Gasteiger partial charge >= 0.3 is 0 Å². The van der Waals surface area contributed by atoms with Gasteiger partial charge in [0, 0.05) is 12.3 Å². The van der Waals surface area contributed by atoms with Gasteiger partial charge in [0.25, 0.3) is 0 Å². The second-order valence-corrected chi connectivity index (χ2v) is 26.7. The summed E-state index contributed by atoms with van der Waals surface area (Å²) in [7, 11) is 0. The Labute approximate surface area is 481 Å². The van der Waals surface area contributed by atoms with Crippen LogP contribution in [-0.4, -0.2) is 282 Å². The van der Waals surface area contributed by atoms with Crippen LogP contribution in [0.3, 0.4) is 0 Å². The van der Waals surface area contributed by atoms with Crippen molar-refractivity contribution in [2.75, 3.05) is 39.6 Å². The number of rotatable bonds is 14. The van der Waals surface area contributed by atoms with E-state index in [9.17, 15) is 76.6 Å². The first kappa shape index (κ1) is 63.5. The van der Waals surface area contributed by atoms with Gasteiger partial charge in [0.15, 0.2) is 37.2 Å². The van der Waals surface area contributed by atoms with E-state index in [1.54, 1.807) is 0 Å². The van der Waals surface area contributed by atoms with E-state index in [1.165, 1.54) is 0 Å². The van der Waals surface area contributed by atoms with Crippen LogP contribution in [0, 0.1) is 52.3 Å². The maximum absolute atomic E-state index is 12.0. The topological polar surface area (TPSA) is 414 Å². The van der Waals surface area contributed by atoms with Crippen molar-refractivity contribution in [3.63, 3.8) is 0 Å². The third-order valence-electron chi connectivity index (χ3n) is 22.1. The van der Waals surface area contributed by atoms with E-state index in [1.807, 2.05) is 0 Å². The molecule has 83 heavy (non-hydrogen) atoms. The molecule has 0 radical (unpaired) electrons. The van der Waals surface area contributed by atoms with Gasteiger partial charge < -0.3 is 133 Å². The number of hydrogen-bond donors (Lipinski definition) is 15. The van der Waals surface area contributed by atoms with Crippen LogP contribution in [0.1, 0.15) is 91.9 Å². The van der Waals surface area contributed by atoms with Crippen molar-refractivity contribution in [3.05, 3.63) is 0 Å². The van der Waals surface area contributed by atoms with E-state index < -0.39 is 186 Å². The van der Waals surface area contributed by atoms with E-state index in [0.29, 0.717) is 54.3 Å². The highest BCUT2D eigenvalue weighted by molar-refractivity contribution is 5.16. The zero-order chi connectivity index (χ0) is 59.4. The molecule has 7 aliphatic heterocycles. The molecule has 27 nitrogen and oxygen atoms in total. The SMILES string of the molecule is CC1CC[C@@]2(OC1)OC1CC3C4CCC5C[C@@H](O[C@@H]6O[C@H](CO)[C@H](O[C@@H]7O[C@H](CO)[C@@H](O)[C@H](O[C@@H]8OC[C@@H](O)[C@H](O)[C@H]8O)[C@H]7O[C@@H]7O[C@H](CO)[C@H](O)[C@H](O[C@@H]8O[C@H](CO)[C@@H](O)[C@H](O)[C@H]8O)[C@H]7O)[C@H](O)[C@H]6O)CC[C@]5(C)C4CC[C@]3(C)C1C2C. The molecule has 11 aliphatic rings. The average molecular weight is 1200 g/mol. The number of aliphatic hydroxyl groups is 15. The van der Waals surface area contributed by atoms with Crippen molar-refractivity contribution in [2.45, 2.75) is 257 Å². The highest BCUT2D eigenvalue weighted by Crippen LogP contribution is 2.71. The molecule has 0 bridgehead atoms. The van der Waals surface area contributed by atoms with Gasteiger partial charge in [-0.2, -0.15) is 0 Å². The van der Waals surface area contributed by atoms with E-state index in [-0.39, 0.29) is 23.0 Å². The number of fused-ring (bicyclic) bond motifs is 7. The lowest BCUT2D eigenvalue weighted by atomic mass is 9.44. The van der Waals surface area contributed by atoms with Gasteiger partial charge in [-0.1, -0.05) is 27.7 Å². The van der Waals surface area contributed by atoms with Crippen LogP contribution in [0.4, 0.5) is 0 Å². The van der Waals surface area contributed by atoms with Crippen molar-refractivity contribution < 1.29 is 133 Å². The quantitative estimate of drug-likeness (QED) is 0.0730. The summed E-state index contributed by atoms with van der Waals surface area (Å²) in [4.78, 5) is 0. The summed E-state index contributed by atoms with van der Waals surface area (Å²) in [5, 5.41) is 164. The molecular weight excluding hydrogens is 1100 g/mol. The predicted molar refractivity (Wildman–Crippen MR) is 275 cm³/mol. The summed E-state index contributed by atoms with van der Waals surface area (Å²) in [5.74, 6) is 2.83. The average Bonchev–Trinajstić information content (AvgIpc) is 4.01. The third-order valence-corrected chi connectivity index (χ3v) is 22.1. The van der Waals surface area contributed by atoms with Crippen LogP contribution in [0.15, 0.2) is 0 Å². The highest BCUT2D eigenvalue weighted by Gasteiger charge is 2.70. The maximum atomic E-state index is 12.0. The Hall–Kier alpha value is -1.08. The van der Waals surface area contributed by atoms with Crippen molar-refractivity contribution >= 4 is 0 Å². The molecule has 36 atom stereocenters. The highest BCUT2D eigenvalue weighted by atomic mass is 16.8. The minimum Gasteiger partial charge on any atom is -0.394 e. The Morgan fingerprint density at radius 1 is 0.446 bits per heavy atom. The summed E-state index contributed by atoms with van der Waals surface area (Å²) in [6.45, 7) is 6.14. The first-order chi connectivity index (χ1) is 39.5. The molecule has 0 amide bonds. The second-order valence-electron chi connectivity index (χ2n) is 26.7. The first-order valence-corrected chi connectivity index (χ1v) is 30.3. The van der Waals surface area contributed by atoms with E-state index >= 15 is 0 Å². The summed E-state index contributed by atoms with van der Waals surface area (Å²) in [6, 6.07) is 0. The fourth-order valence-corrected chi connectivity index (χ4v) is 17.4. The van der Waals surface area contributed by atoms with Crippen molar-refractivity contribution in [3.8, 4) is 0 Å². The van der Waals surface area contributed by atoms with E-state index in [0.717, 1.165) is 58.0 Å². The molecule has 0 aromatic heterocycles. The molecule has 4 aliphatic carbocycles. The Bertz CT molecular complexity index is 2140. The first-order valence-electron chi connectivity index (χ1n) is 30.3. The van der Waals surface area contributed by atoms with Gasteiger partial charge in [-0.15, -0.1) is 0 Å². The monoisotopic (exact) mass is 1200 g/mol. The Kier molecular flexibility index (Phi) is 19.1. The normalized spacial score (nSPS) is 57.4. The zero-order valence-corrected chi connectivity index (χ0v) is 47.5. The molecule has 7 heterocycles. The van der Waals surface area contributed by atoms with Crippen LogP contribution in [-0.2, 0) is 56.8 Å². The number of hydrogen-bond acceptors (Lipinski definition) is 27. The summed E-state index contributed by atoms with van der Waals surface area (Å²) in [5.41, 5.74) is 0.221. The minimum atomic E-state index is -2.18. The Balaban J connectivity index is 0.784. The molecule has 7 saturated heterocycles. The molecule has 8 unspecified atom stereocenters. The fraction of sp³-hybridized carbons (Fsp3) is 1.00. The van der Waals surface area contributed by atoms with Gasteiger partial charge in [-0.05, 0) is 104 Å². The van der Waals surface area contributed by atoms with Gasteiger partial charge in [-0.25, -0.2) is 0 Å². The minimum absolute atomic E-state index is 0.0500. The lowest BCUT2D eigenvalue weighted by molar-refractivity contribution is -0.409. The second kappa shape index (κ2) is 25.0. The standard InChI is InChI=1S/C56H92O27/c1-21-7-12-56(73-19-21)22(2)34-29(83-56)14-27-25-6-5-23-13-24(8-10-54(23,3)26(25)9-11-55(27,34)4)74-50-43(70)40(67)45(33(18-60)78-50)79-53-48(47(38(65)32(17-59)77-53)81-49-41(68)35(62)28(61)20-72-49)82-52-44(71)46(37(64)31(16-58)76-52)80-51-42(69)39(66)36(63)30(15-57)75-51/h21-53,57-71H,5-20H2,1-4H3/t21?,22?,23?,24-,25?,26?,27?,28+,29?,30+,31+,32+,33+,34?,35-,36+,37-,38+,39-,40+,41+,42+,43+,44+,45-,46-,47-,48+,49-,50+,51-,52-,53-,54-,55-,56+/m0/s1. The van der Waals surface area contributed by atoms with Crippen molar-refractivity contribution in [2.24, 2.45) is 52.3 Å². The lowest BCUT2D eigenvalue weighted by Gasteiger charge is -2.61. The molecule has 1 spiro atoms. The lowest BCUT2D eigenvalue weighted by Crippen LogP contribution is -2.69. The molecule has 27 heteroatoms. The van der Waals surface area contributed by atoms with Crippen LogP contribution in [0.25, 0.3) is 0 Å². The maximum Gasteiger partial charge on any atom is 0.187 e. The van der Waals surface area contributed by atoms with Crippen molar-refractivity contribution in [1.82, 2.24) is 0 Å². The molecule has 11 fully saturated rings. The Morgan fingerprint density at radius 3 is 1.69 bits per heavy atom. The van der Waals surface area contributed by atoms with Gasteiger partial charge in [0.05, 0.1) is 51.8 Å². The number of aliphatic hydroxyl groups excluding tert-OH is 15. The van der Waals surface area contributed by atoms with E-state index in [4.69, 9.17) is 56.8 Å². The van der Waals surface area contributed by atoms with Gasteiger partial charge in [0.2, 0.25) is 0 Å². The summed E-state index contributed by atoms with van der Waals surface area (Å²) in [6.07, 6.45) is -34.5. The summed E-state index contributed by atoms with van der Waals surface area (Å²) >= 11 is 0. The third kappa shape index (κ3) is 11.2.